The van der Waals surface area contributed by atoms with Crippen molar-refractivity contribution in [3.05, 3.63) is 76.1 Å². The second-order valence-corrected chi connectivity index (χ2v) is 6.50. The van der Waals surface area contributed by atoms with Crippen LogP contribution in [0, 0.1) is 6.92 Å². The molecule has 0 saturated heterocycles. The van der Waals surface area contributed by atoms with Crippen LogP contribution < -0.4 is 10.2 Å². The Morgan fingerprint density at radius 2 is 1.81 bits per heavy atom. The third-order valence-corrected chi connectivity index (χ3v) is 4.71. The summed E-state index contributed by atoms with van der Waals surface area (Å²) in [5.74, 6) is 0.542. The SMILES string of the molecule is CCN(CCOc1ccccc1C)C(=O)c1cn(C)c2ccccc2c1=O. The second-order valence-electron chi connectivity index (χ2n) is 6.50. The molecule has 0 radical (unpaired) electrons. The van der Waals surface area contributed by atoms with Gasteiger partial charge >= 0.3 is 0 Å². The van der Waals surface area contributed by atoms with E-state index in [4.69, 9.17) is 4.74 Å². The third kappa shape index (κ3) is 3.87. The molecule has 5 nitrogen and oxygen atoms in total. The lowest BCUT2D eigenvalue weighted by atomic mass is 10.1. The van der Waals surface area contributed by atoms with Gasteiger partial charge in [-0.25, -0.2) is 0 Å². The summed E-state index contributed by atoms with van der Waals surface area (Å²) >= 11 is 0. The molecule has 5 heteroatoms. The molecule has 2 aromatic carbocycles. The van der Waals surface area contributed by atoms with Gasteiger partial charge in [-0.15, -0.1) is 0 Å². The van der Waals surface area contributed by atoms with Crippen molar-refractivity contribution in [1.82, 2.24) is 9.47 Å². The van der Waals surface area contributed by atoms with Gasteiger partial charge in [0.2, 0.25) is 5.43 Å². The number of pyridine rings is 1. The molecule has 1 amide bonds. The zero-order valence-corrected chi connectivity index (χ0v) is 15.9. The molecule has 0 N–H and O–H groups in total. The molecule has 3 aromatic rings. The van der Waals surface area contributed by atoms with E-state index in [1.54, 1.807) is 17.2 Å². The first kappa shape index (κ1) is 18.7. The third-order valence-electron chi connectivity index (χ3n) is 4.71. The van der Waals surface area contributed by atoms with E-state index in [0.717, 1.165) is 16.8 Å². The van der Waals surface area contributed by atoms with Crippen LogP contribution in [0.1, 0.15) is 22.8 Å². The van der Waals surface area contributed by atoms with E-state index in [-0.39, 0.29) is 16.9 Å². The monoisotopic (exact) mass is 364 g/mol. The number of nitrogens with zero attached hydrogens (tertiary/aromatic N) is 2. The first-order valence-corrected chi connectivity index (χ1v) is 9.09. The largest absolute Gasteiger partial charge is 0.491 e. The summed E-state index contributed by atoms with van der Waals surface area (Å²) in [5.41, 5.74) is 1.82. The van der Waals surface area contributed by atoms with Crippen molar-refractivity contribution in [2.45, 2.75) is 13.8 Å². The molecule has 0 fully saturated rings. The lowest BCUT2D eigenvalue weighted by Crippen LogP contribution is -2.37. The highest BCUT2D eigenvalue weighted by Crippen LogP contribution is 2.16. The molecule has 0 aliphatic carbocycles. The van der Waals surface area contributed by atoms with E-state index >= 15 is 0 Å². The number of hydrogen-bond donors (Lipinski definition) is 0. The lowest BCUT2D eigenvalue weighted by Gasteiger charge is -2.21. The second kappa shape index (κ2) is 8.08. The van der Waals surface area contributed by atoms with E-state index in [9.17, 15) is 9.59 Å². The van der Waals surface area contributed by atoms with Gasteiger partial charge in [0.1, 0.15) is 17.9 Å². The zero-order chi connectivity index (χ0) is 19.4. The van der Waals surface area contributed by atoms with Gasteiger partial charge < -0.3 is 14.2 Å². The minimum atomic E-state index is -0.266. The fraction of sp³-hybridized carbons (Fsp3) is 0.273. The van der Waals surface area contributed by atoms with Crippen LogP contribution in [-0.2, 0) is 7.05 Å². The van der Waals surface area contributed by atoms with Crippen molar-refractivity contribution in [2.75, 3.05) is 19.7 Å². The number of aromatic nitrogens is 1. The number of hydrogen-bond acceptors (Lipinski definition) is 3. The number of likely N-dealkylation sites (N-methyl/N-ethyl adjacent to an activating group) is 1. The number of carbonyl (C=O) groups excluding carboxylic acids is 1. The highest BCUT2D eigenvalue weighted by atomic mass is 16.5. The Hall–Kier alpha value is -3.08. The van der Waals surface area contributed by atoms with Gasteiger partial charge in [-0.1, -0.05) is 30.3 Å². The summed E-state index contributed by atoms with van der Waals surface area (Å²) < 4.78 is 7.62. The maximum absolute atomic E-state index is 13.0. The van der Waals surface area contributed by atoms with Crippen LogP contribution >= 0.6 is 0 Å². The maximum atomic E-state index is 13.0. The Labute approximate surface area is 158 Å². The molecule has 0 aliphatic rings. The molecule has 0 unspecified atom stereocenters. The summed E-state index contributed by atoms with van der Waals surface area (Å²) in [7, 11) is 1.84. The van der Waals surface area contributed by atoms with Crippen LogP contribution in [-0.4, -0.2) is 35.1 Å². The van der Waals surface area contributed by atoms with Crippen LogP contribution in [0.2, 0.25) is 0 Å². The van der Waals surface area contributed by atoms with Crippen LogP contribution in [0.15, 0.2) is 59.5 Å². The molecule has 0 bridgehead atoms. The summed E-state index contributed by atoms with van der Waals surface area (Å²) in [6.45, 7) is 5.18. The fourth-order valence-corrected chi connectivity index (χ4v) is 3.15. The number of amides is 1. The van der Waals surface area contributed by atoms with Crippen molar-refractivity contribution >= 4 is 16.8 Å². The minimum absolute atomic E-state index is 0.189. The van der Waals surface area contributed by atoms with E-state index in [2.05, 4.69) is 0 Å². The number of rotatable bonds is 6. The first-order chi connectivity index (χ1) is 13.0. The van der Waals surface area contributed by atoms with Gasteiger partial charge in [0.05, 0.1) is 12.1 Å². The van der Waals surface area contributed by atoms with Crippen molar-refractivity contribution in [1.29, 1.82) is 0 Å². The molecular formula is C22H24N2O3. The van der Waals surface area contributed by atoms with Crippen molar-refractivity contribution < 1.29 is 9.53 Å². The Morgan fingerprint density at radius 3 is 2.56 bits per heavy atom. The van der Waals surface area contributed by atoms with E-state index in [1.807, 2.05) is 67.9 Å². The van der Waals surface area contributed by atoms with Gasteiger partial charge in [-0.3, -0.25) is 9.59 Å². The molecule has 1 aromatic heterocycles. The Kier molecular flexibility index (Phi) is 5.60. The summed E-state index contributed by atoms with van der Waals surface area (Å²) in [5, 5.41) is 0.554. The molecule has 0 atom stereocenters. The van der Waals surface area contributed by atoms with Gasteiger partial charge in [0, 0.05) is 25.2 Å². The van der Waals surface area contributed by atoms with Crippen LogP contribution in [0.25, 0.3) is 10.9 Å². The predicted octanol–water partition coefficient (Wildman–Crippen LogP) is 3.39. The molecule has 0 spiro atoms. The smallest absolute Gasteiger partial charge is 0.259 e. The molecule has 0 aliphatic heterocycles. The highest BCUT2D eigenvalue weighted by molar-refractivity contribution is 5.97. The summed E-state index contributed by atoms with van der Waals surface area (Å²) in [6, 6.07) is 15.1. The van der Waals surface area contributed by atoms with Gasteiger partial charge in [-0.05, 0) is 37.6 Å². The number of para-hydroxylation sites is 2. The Morgan fingerprint density at radius 1 is 1.11 bits per heavy atom. The maximum Gasteiger partial charge on any atom is 0.259 e. The molecule has 27 heavy (non-hydrogen) atoms. The number of aryl methyl sites for hydroxylation is 2. The van der Waals surface area contributed by atoms with Gasteiger partial charge in [-0.2, -0.15) is 0 Å². The average Bonchev–Trinajstić information content (AvgIpc) is 2.69. The quantitative estimate of drug-likeness (QED) is 0.674. The summed E-state index contributed by atoms with van der Waals surface area (Å²) in [4.78, 5) is 27.4. The van der Waals surface area contributed by atoms with Crippen molar-refractivity contribution in [2.24, 2.45) is 7.05 Å². The average molecular weight is 364 g/mol. The number of ether oxygens (including phenoxy) is 1. The molecule has 1 heterocycles. The minimum Gasteiger partial charge on any atom is -0.491 e. The Balaban J connectivity index is 1.79. The first-order valence-electron chi connectivity index (χ1n) is 9.09. The summed E-state index contributed by atoms with van der Waals surface area (Å²) in [6.07, 6.45) is 1.62. The van der Waals surface area contributed by atoms with Crippen LogP contribution in [0.4, 0.5) is 0 Å². The zero-order valence-electron chi connectivity index (χ0n) is 15.9. The van der Waals surface area contributed by atoms with Crippen molar-refractivity contribution in [3.63, 3.8) is 0 Å². The van der Waals surface area contributed by atoms with Crippen molar-refractivity contribution in [3.8, 4) is 5.75 Å². The van der Waals surface area contributed by atoms with E-state index in [0.29, 0.717) is 25.1 Å². The number of fused-ring (bicyclic) bond motifs is 1. The Bertz CT molecular complexity index is 1020. The lowest BCUT2D eigenvalue weighted by molar-refractivity contribution is 0.0738. The fourth-order valence-electron chi connectivity index (χ4n) is 3.15. The van der Waals surface area contributed by atoms with Gasteiger partial charge in [0.15, 0.2) is 0 Å². The predicted molar refractivity (Wildman–Crippen MR) is 107 cm³/mol. The van der Waals surface area contributed by atoms with Gasteiger partial charge in [0.25, 0.3) is 5.91 Å². The standard InChI is InChI=1S/C22H24N2O3/c1-4-24(13-14-27-20-12-8-5-9-16(20)2)22(26)18-15-23(3)19-11-7-6-10-17(19)21(18)25/h5-12,15H,4,13-14H2,1-3H3. The highest BCUT2D eigenvalue weighted by Gasteiger charge is 2.19. The number of benzene rings is 2. The van der Waals surface area contributed by atoms with E-state index in [1.165, 1.54) is 0 Å². The normalized spacial score (nSPS) is 10.8. The molecule has 3 rings (SSSR count). The molecule has 0 saturated carbocycles. The number of carbonyl (C=O) groups is 1. The van der Waals surface area contributed by atoms with E-state index < -0.39 is 0 Å². The topological polar surface area (TPSA) is 51.5 Å². The molecule has 140 valence electrons. The molecular weight excluding hydrogens is 340 g/mol. The van der Waals surface area contributed by atoms with Crippen LogP contribution in [0.3, 0.4) is 0 Å². The van der Waals surface area contributed by atoms with Crippen LogP contribution in [0.5, 0.6) is 5.75 Å².